The van der Waals surface area contributed by atoms with Crippen molar-refractivity contribution in [2.75, 3.05) is 25.7 Å². The molecule has 2 aromatic heterocycles. The Morgan fingerprint density at radius 1 is 1.12 bits per heavy atom. The Balaban J connectivity index is 1.77. The van der Waals surface area contributed by atoms with E-state index in [4.69, 9.17) is 9.47 Å². The van der Waals surface area contributed by atoms with Crippen LogP contribution in [0.4, 0.5) is 5.82 Å². The van der Waals surface area contributed by atoms with Gasteiger partial charge in [0.2, 0.25) is 0 Å². The van der Waals surface area contributed by atoms with E-state index in [0.717, 1.165) is 11.1 Å². The van der Waals surface area contributed by atoms with Crippen LogP contribution in [0.15, 0.2) is 24.3 Å². The number of hydrogen-bond donors (Lipinski definition) is 1. The second-order valence-corrected chi connectivity index (χ2v) is 5.48. The van der Waals surface area contributed by atoms with E-state index in [1.54, 1.807) is 20.3 Å². The van der Waals surface area contributed by atoms with Crippen molar-refractivity contribution in [3.8, 4) is 11.5 Å². The molecule has 0 saturated heterocycles. The predicted molar refractivity (Wildman–Crippen MR) is 84.1 cm³/mol. The molecule has 1 aliphatic rings. The number of aliphatic hydroxyl groups is 1. The van der Waals surface area contributed by atoms with Crippen molar-refractivity contribution in [1.82, 2.24) is 25.3 Å². The largest absolute Gasteiger partial charge is 0.496 e. The van der Waals surface area contributed by atoms with Crippen LogP contribution >= 0.6 is 0 Å². The molecule has 0 unspecified atom stereocenters. The third kappa shape index (κ3) is 2.21. The number of hydrogen-bond acceptors (Lipinski definition) is 8. The van der Waals surface area contributed by atoms with Gasteiger partial charge in [0.25, 0.3) is 0 Å². The molecule has 9 heteroatoms. The van der Waals surface area contributed by atoms with Gasteiger partial charge in [0.05, 0.1) is 20.8 Å². The summed E-state index contributed by atoms with van der Waals surface area (Å²) in [6.07, 6.45) is -0.717. The highest BCUT2D eigenvalue weighted by Gasteiger charge is 2.30. The van der Waals surface area contributed by atoms with Crippen LogP contribution in [0.2, 0.25) is 0 Å². The summed E-state index contributed by atoms with van der Waals surface area (Å²) in [5, 5.41) is 26.3. The maximum absolute atomic E-state index is 10.6. The van der Waals surface area contributed by atoms with Crippen LogP contribution in [0, 0.1) is 0 Å². The highest BCUT2D eigenvalue weighted by atomic mass is 16.5. The van der Waals surface area contributed by atoms with Crippen molar-refractivity contribution in [3.63, 3.8) is 0 Å². The highest BCUT2D eigenvalue weighted by molar-refractivity contribution is 5.56. The lowest BCUT2D eigenvalue weighted by molar-refractivity contribution is 0.169. The van der Waals surface area contributed by atoms with Crippen molar-refractivity contribution in [2.45, 2.75) is 12.6 Å². The maximum Gasteiger partial charge on any atom is 0.200 e. The van der Waals surface area contributed by atoms with Crippen LogP contribution in [-0.4, -0.2) is 51.1 Å². The molecule has 1 aromatic carbocycles. The quantitative estimate of drug-likeness (QED) is 0.746. The van der Waals surface area contributed by atoms with E-state index < -0.39 is 6.10 Å². The van der Waals surface area contributed by atoms with Crippen LogP contribution in [0.25, 0.3) is 5.65 Å². The number of fused-ring (bicyclic) bond motifs is 2. The van der Waals surface area contributed by atoms with Gasteiger partial charge in [-0.05, 0) is 34.7 Å². The minimum absolute atomic E-state index is 0.386. The van der Waals surface area contributed by atoms with Gasteiger partial charge in [-0.25, -0.2) is 0 Å². The molecule has 0 saturated carbocycles. The lowest BCUT2D eigenvalue weighted by Gasteiger charge is -2.34. The van der Waals surface area contributed by atoms with Crippen LogP contribution in [-0.2, 0) is 6.54 Å². The van der Waals surface area contributed by atoms with Crippen molar-refractivity contribution < 1.29 is 14.6 Å². The standard InChI is InChI=1S/C15H16N6O3/c1-23-11-3-4-12(24-2)15-9(11)7-20(8-10(15)22)14-6-5-13-16-18-19-21(13)17-14/h3-6,10,22H,7-8H2,1-2H3/t10-/m0/s1. The molecule has 0 bridgehead atoms. The fraction of sp³-hybridized carbons (Fsp3) is 0.333. The zero-order valence-electron chi connectivity index (χ0n) is 13.2. The summed E-state index contributed by atoms with van der Waals surface area (Å²) in [7, 11) is 3.20. The summed E-state index contributed by atoms with van der Waals surface area (Å²) in [5.41, 5.74) is 2.21. The molecular formula is C15H16N6O3. The molecule has 0 spiro atoms. The van der Waals surface area contributed by atoms with Gasteiger partial charge in [0.15, 0.2) is 11.5 Å². The number of β-amino-alcohol motifs (C(OH)–C–C–N with tert-alkyl or cyclic N) is 1. The number of methoxy groups -OCH3 is 2. The number of tetrazole rings is 1. The molecule has 0 amide bonds. The normalized spacial score (nSPS) is 17.0. The van der Waals surface area contributed by atoms with E-state index in [0.29, 0.717) is 36.1 Å². The van der Waals surface area contributed by atoms with Crippen molar-refractivity contribution in [1.29, 1.82) is 0 Å². The Hall–Kier alpha value is -2.94. The van der Waals surface area contributed by atoms with Crippen molar-refractivity contribution >= 4 is 11.5 Å². The Morgan fingerprint density at radius 3 is 2.71 bits per heavy atom. The molecule has 0 aliphatic carbocycles. The molecule has 1 N–H and O–H groups in total. The number of anilines is 1. The van der Waals surface area contributed by atoms with Gasteiger partial charge in [-0.2, -0.15) is 0 Å². The smallest absolute Gasteiger partial charge is 0.200 e. The first-order valence-corrected chi connectivity index (χ1v) is 7.43. The average molecular weight is 328 g/mol. The molecular weight excluding hydrogens is 312 g/mol. The number of nitrogens with zero attached hydrogens (tertiary/aromatic N) is 6. The fourth-order valence-corrected chi connectivity index (χ4v) is 3.06. The topological polar surface area (TPSA) is 97.9 Å². The molecule has 1 atom stereocenters. The van der Waals surface area contributed by atoms with Gasteiger partial charge >= 0.3 is 0 Å². The lowest BCUT2D eigenvalue weighted by Crippen LogP contribution is -2.35. The van der Waals surface area contributed by atoms with Gasteiger partial charge in [-0.3, -0.25) is 0 Å². The minimum atomic E-state index is -0.717. The second-order valence-electron chi connectivity index (χ2n) is 5.48. The Kier molecular flexibility index (Phi) is 3.42. The van der Waals surface area contributed by atoms with E-state index in [-0.39, 0.29) is 0 Å². The van der Waals surface area contributed by atoms with Gasteiger partial charge in [-0.15, -0.1) is 14.8 Å². The Bertz CT molecular complexity index is 896. The molecule has 4 rings (SSSR count). The SMILES string of the molecule is COc1ccc(OC)c2c1CN(c1ccc3nnnn3n1)C[C@@H]2O. The maximum atomic E-state index is 10.6. The van der Waals surface area contributed by atoms with Gasteiger partial charge in [-0.1, -0.05) is 0 Å². The Labute approximate surface area is 137 Å². The predicted octanol–water partition coefficient (Wildman–Crippen LogP) is 0.590. The third-order valence-electron chi connectivity index (χ3n) is 4.17. The summed E-state index contributed by atoms with van der Waals surface area (Å²) in [6, 6.07) is 7.26. The van der Waals surface area contributed by atoms with E-state index >= 15 is 0 Å². The average Bonchev–Trinajstić information content (AvgIpc) is 3.08. The molecule has 0 radical (unpaired) electrons. The zero-order chi connectivity index (χ0) is 16.7. The summed E-state index contributed by atoms with van der Waals surface area (Å²) in [4.78, 5) is 1.95. The molecule has 3 aromatic rings. The second kappa shape index (κ2) is 5.60. The first-order chi connectivity index (χ1) is 11.7. The summed E-state index contributed by atoms with van der Waals surface area (Å²) >= 11 is 0. The molecule has 124 valence electrons. The van der Waals surface area contributed by atoms with Crippen LogP contribution in [0.5, 0.6) is 11.5 Å². The zero-order valence-corrected chi connectivity index (χ0v) is 13.2. The van der Waals surface area contributed by atoms with E-state index in [9.17, 15) is 5.11 Å². The summed E-state index contributed by atoms with van der Waals surface area (Å²) < 4.78 is 12.2. The van der Waals surface area contributed by atoms with Crippen molar-refractivity contribution in [2.24, 2.45) is 0 Å². The highest BCUT2D eigenvalue weighted by Crippen LogP contribution is 2.40. The number of aliphatic hydroxyl groups excluding tert-OH is 1. The molecule has 9 nitrogen and oxygen atoms in total. The summed E-state index contributed by atoms with van der Waals surface area (Å²) in [6.45, 7) is 0.921. The van der Waals surface area contributed by atoms with Gasteiger partial charge in [0, 0.05) is 17.7 Å². The number of ether oxygens (including phenoxy) is 2. The molecule has 0 fully saturated rings. The number of benzene rings is 1. The van der Waals surface area contributed by atoms with Crippen LogP contribution < -0.4 is 14.4 Å². The molecule has 24 heavy (non-hydrogen) atoms. The summed E-state index contributed by atoms with van der Waals surface area (Å²) in [5.74, 6) is 2.03. The lowest BCUT2D eigenvalue weighted by atomic mass is 9.95. The Morgan fingerprint density at radius 2 is 1.92 bits per heavy atom. The fourth-order valence-electron chi connectivity index (χ4n) is 3.06. The minimum Gasteiger partial charge on any atom is -0.496 e. The first kappa shape index (κ1) is 14.6. The van der Waals surface area contributed by atoms with Gasteiger partial charge < -0.3 is 19.5 Å². The van der Waals surface area contributed by atoms with Crippen LogP contribution in [0.3, 0.4) is 0 Å². The molecule has 1 aliphatic heterocycles. The van der Waals surface area contributed by atoms with Gasteiger partial charge in [0.1, 0.15) is 17.6 Å². The third-order valence-corrected chi connectivity index (χ3v) is 4.17. The monoisotopic (exact) mass is 328 g/mol. The van der Waals surface area contributed by atoms with E-state index in [2.05, 4.69) is 20.6 Å². The van der Waals surface area contributed by atoms with E-state index in [1.165, 1.54) is 4.63 Å². The van der Waals surface area contributed by atoms with Crippen LogP contribution in [0.1, 0.15) is 17.2 Å². The number of rotatable bonds is 3. The van der Waals surface area contributed by atoms with Crippen molar-refractivity contribution in [3.05, 3.63) is 35.4 Å². The first-order valence-electron chi connectivity index (χ1n) is 7.43. The molecule has 3 heterocycles. The van der Waals surface area contributed by atoms with E-state index in [1.807, 2.05) is 23.1 Å². The number of aromatic nitrogens is 5.